The van der Waals surface area contributed by atoms with Crippen molar-refractivity contribution in [2.45, 2.75) is 0 Å². The summed E-state index contributed by atoms with van der Waals surface area (Å²) in [5, 5.41) is 3.26. The van der Waals surface area contributed by atoms with Gasteiger partial charge in [0.25, 0.3) is 0 Å². The molecule has 1 heterocycles. The normalized spacial score (nSPS) is 14.2. The molecule has 0 aromatic heterocycles. The summed E-state index contributed by atoms with van der Waals surface area (Å²) < 4.78 is 0. The van der Waals surface area contributed by atoms with Crippen LogP contribution in [0.4, 0.5) is 5.69 Å². The van der Waals surface area contributed by atoms with Crippen LogP contribution in [0.15, 0.2) is 41.1 Å². The molecule has 2 nitrogen and oxygen atoms in total. The molecule has 0 unspecified atom stereocenters. The Balaban J connectivity index is 2.49. The molecular weight excluding hydrogens is 147 g/mol. The lowest BCUT2D eigenvalue weighted by molar-refractivity contribution is 1.51. The zero-order valence-corrected chi connectivity index (χ0v) is 6.91. The van der Waals surface area contributed by atoms with E-state index in [1.807, 2.05) is 44.5 Å². The highest BCUT2D eigenvalue weighted by Gasteiger charge is 2.00. The first-order valence-corrected chi connectivity index (χ1v) is 3.92. The van der Waals surface area contributed by atoms with E-state index in [-0.39, 0.29) is 0 Å². The van der Waals surface area contributed by atoms with Crippen molar-refractivity contribution in [1.82, 2.24) is 0 Å². The van der Waals surface area contributed by atoms with Gasteiger partial charge in [-0.05, 0) is 11.7 Å². The Bertz CT molecular complexity index is 355. The maximum atomic E-state index is 4.14. The minimum atomic E-state index is 1.07. The second-order valence-corrected chi connectivity index (χ2v) is 2.80. The molecule has 1 aliphatic rings. The average molecular weight is 156 g/mol. The molecule has 1 aliphatic heterocycles. The largest absolute Gasteiger partial charge is 0.366 e. The first kappa shape index (κ1) is 7.16. The van der Waals surface area contributed by atoms with Crippen molar-refractivity contribution >= 4 is 19.7 Å². The number of para-hydroxylation sites is 1. The van der Waals surface area contributed by atoms with Gasteiger partial charge < -0.3 is 5.32 Å². The first-order valence-electron chi connectivity index (χ1n) is 3.92. The fourth-order valence-electron chi connectivity index (χ4n) is 1.20. The zero-order chi connectivity index (χ0) is 8.39. The van der Waals surface area contributed by atoms with E-state index in [0.717, 1.165) is 16.8 Å². The van der Waals surface area contributed by atoms with Gasteiger partial charge in [-0.15, -0.1) is 0 Å². The number of hydrogen-bond acceptors (Lipinski definition) is 2. The molecule has 0 radical (unpaired) electrons. The van der Waals surface area contributed by atoms with Gasteiger partial charge in [0.05, 0.1) is 0 Å². The van der Waals surface area contributed by atoms with Crippen molar-refractivity contribution in [3.63, 3.8) is 0 Å². The van der Waals surface area contributed by atoms with Gasteiger partial charge in [0.1, 0.15) is 0 Å². The highest BCUT2D eigenvalue weighted by atomic mass is 14.9. The molecule has 0 spiro atoms. The summed E-state index contributed by atoms with van der Waals surface area (Å²) in [7, 11) is 2.00. The molecule has 0 amide bonds. The predicted molar refractivity (Wildman–Crippen MR) is 54.3 cm³/mol. The van der Waals surface area contributed by atoms with Crippen LogP contribution >= 0.6 is 0 Å². The SMILES string of the molecule is BC1=CN=Cc2ccccc2N1. The number of anilines is 1. The standard InChI is InChI=1S/C9H9BN2/c10-9-6-11-5-7-3-1-2-4-8(7)12-9/h1-6,12H,10H2. The van der Waals surface area contributed by atoms with Crippen LogP contribution in [0.25, 0.3) is 0 Å². The summed E-state index contributed by atoms with van der Waals surface area (Å²) in [6, 6.07) is 8.10. The number of rotatable bonds is 0. The van der Waals surface area contributed by atoms with Gasteiger partial charge in [0.2, 0.25) is 0 Å². The Morgan fingerprint density at radius 3 is 3.00 bits per heavy atom. The number of aliphatic imine (C=N–C) groups is 1. The molecular formula is C9H9BN2. The Morgan fingerprint density at radius 1 is 1.25 bits per heavy atom. The third kappa shape index (κ3) is 1.26. The van der Waals surface area contributed by atoms with Crippen LogP contribution in [0, 0.1) is 0 Å². The average Bonchev–Trinajstić information content (AvgIpc) is 2.25. The van der Waals surface area contributed by atoms with Crippen LogP contribution in [0.2, 0.25) is 0 Å². The monoisotopic (exact) mass is 156 g/mol. The van der Waals surface area contributed by atoms with Crippen molar-refractivity contribution < 1.29 is 0 Å². The van der Waals surface area contributed by atoms with Gasteiger partial charge in [-0.3, -0.25) is 4.99 Å². The van der Waals surface area contributed by atoms with E-state index in [4.69, 9.17) is 0 Å². The second-order valence-electron chi connectivity index (χ2n) is 2.80. The Labute approximate surface area is 72.4 Å². The topological polar surface area (TPSA) is 24.4 Å². The van der Waals surface area contributed by atoms with Gasteiger partial charge in [-0.1, -0.05) is 18.2 Å². The molecule has 12 heavy (non-hydrogen) atoms. The molecule has 1 N–H and O–H groups in total. The van der Waals surface area contributed by atoms with Gasteiger partial charge >= 0.3 is 0 Å². The summed E-state index contributed by atoms with van der Waals surface area (Å²) in [4.78, 5) is 4.14. The van der Waals surface area contributed by atoms with E-state index in [1.54, 1.807) is 0 Å². The van der Waals surface area contributed by atoms with Crippen molar-refractivity contribution in [1.29, 1.82) is 0 Å². The Hall–Kier alpha value is -1.51. The van der Waals surface area contributed by atoms with Crippen molar-refractivity contribution in [2.75, 3.05) is 5.32 Å². The first-order chi connectivity index (χ1) is 5.86. The van der Waals surface area contributed by atoms with E-state index in [2.05, 4.69) is 10.3 Å². The fraction of sp³-hybridized carbons (Fsp3) is 0. The smallest absolute Gasteiger partial charge is 0.162 e. The lowest BCUT2D eigenvalue weighted by Crippen LogP contribution is -1.99. The lowest BCUT2D eigenvalue weighted by Gasteiger charge is -2.05. The highest BCUT2D eigenvalue weighted by molar-refractivity contribution is 6.23. The van der Waals surface area contributed by atoms with Crippen molar-refractivity contribution in [2.24, 2.45) is 4.99 Å². The quantitative estimate of drug-likeness (QED) is 0.556. The lowest BCUT2D eigenvalue weighted by atomic mass is 10.1. The van der Waals surface area contributed by atoms with E-state index in [1.165, 1.54) is 0 Å². The van der Waals surface area contributed by atoms with Crippen molar-refractivity contribution in [3.8, 4) is 0 Å². The van der Waals surface area contributed by atoms with Crippen LogP contribution in [-0.2, 0) is 0 Å². The molecule has 0 aliphatic carbocycles. The number of nitrogens with one attached hydrogen (secondary N) is 1. The summed E-state index contributed by atoms with van der Waals surface area (Å²) in [5.41, 5.74) is 3.31. The summed E-state index contributed by atoms with van der Waals surface area (Å²) in [6.45, 7) is 0. The van der Waals surface area contributed by atoms with Crippen LogP contribution in [0.5, 0.6) is 0 Å². The van der Waals surface area contributed by atoms with E-state index < -0.39 is 0 Å². The second kappa shape index (κ2) is 2.85. The van der Waals surface area contributed by atoms with Gasteiger partial charge in [-0.2, -0.15) is 0 Å². The van der Waals surface area contributed by atoms with E-state index >= 15 is 0 Å². The van der Waals surface area contributed by atoms with E-state index in [9.17, 15) is 0 Å². The van der Waals surface area contributed by atoms with Crippen LogP contribution in [-0.4, -0.2) is 14.1 Å². The van der Waals surface area contributed by atoms with Gasteiger partial charge in [-0.25, -0.2) is 0 Å². The zero-order valence-electron chi connectivity index (χ0n) is 6.91. The Kier molecular flexibility index (Phi) is 1.70. The maximum Gasteiger partial charge on any atom is 0.162 e. The third-order valence-electron chi connectivity index (χ3n) is 1.77. The maximum absolute atomic E-state index is 4.14. The van der Waals surface area contributed by atoms with Crippen LogP contribution < -0.4 is 5.32 Å². The van der Waals surface area contributed by atoms with Crippen LogP contribution in [0.3, 0.4) is 0 Å². The van der Waals surface area contributed by atoms with Crippen molar-refractivity contribution in [3.05, 3.63) is 41.6 Å². The van der Waals surface area contributed by atoms with E-state index in [0.29, 0.717) is 0 Å². The van der Waals surface area contributed by atoms with Crippen LogP contribution in [0.1, 0.15) is 5.56 Å². The summed E-state index contributed by atoms with van der Waals surface area (Å²) in [6.07, 6.45) is 3.68. The fourth-order valence-corrected chi connectivity index (χ4v) is 1.20. The minimum absolute atomic E-state index is 1.07. The number of nitrogens with zero attached hydrogens (tertiary/aromatic N) is 1. The molecule has 0 saturated carbocycles. The molecule has 0 saturated heterocycles. The van der Waals surface area contributed by atoms with Gasteiger partial charge in [0, 0.05) is 23.7 Å². The highest BCUT2D eigenvalue weighted by Crippen LogP contribution is 2.16. The molecule has 0 atom stereocenters. The molecule has 0 bridgehead atoms. The molecule has 3 heteroatoms. The molecule has 0 fully saturated rings. The Morgan fingerprint density at radius 2 is 2.08 bits per heavy atom. The summed E-state index contributed by atoms with van der Waals surface area (Å²) in [5.74, 6) is 0. The summed E-state index contributed by atoms with van der Waals surface area (Å²) >= 11 is 0. The molecule has 1 aromatic rings. The molecule has 2 rings (SSSR count). The third-order valence-corrected chi connectivity index (χ3v) is 1.77. The number of benzene rings is 1. The number of hydrogen-bond donors (Lipinski definition) is 1. The molecule has 58 valence electrons. The van der Waals surface area contributed by atoms with Gasteiger partial charge in [0.15, 0.2) is 7.85 Å². The predicted octanol–water partition coefficient (Wildman–Crippen LogP) is 0.963. The number of fused-ring (bicyclic) bond motifs is 1. The minimum Gasteiger partial charge on any atom is -0.366 e. The molecule has 1 aromatic carbocycles.